The molecule has 0 aromatic carbocycles. The number of anilines is 2. The number of aromatic nitrogens is 1. The number of aliphatic hydroxyl groups excluding tert-OH is 1. The maximum Gasteiger partial charge on any atom is 0.127 e. The lowest BCUT2D eigenvalue weighted by Gasteiger charge is -2.26. The fourth-order valence-electron chi connectivity index (χ4n) is 2.60. The number of hydrogen-bond acceptors (Lipinski definition) is 4. The molecule has 3 N–H and O–H groups in total. The van der Waals surface area contributed by atoms with Crippen LogP contribution in [0.2, 0.25) is 0 Å². The van der Waals surface area contributed by atoms with Crippen molar-refractivity contribution in [3.05, 3.63) is 18.3 Å². The highest BCUT2D eigenvalue weighted by molar-refractivity contribution is 5.51. The van der Waals surface area contributed by atoms with Crippen LogP contribution in [0.4, 0.5) is 11.5 Å². The molecule has 1 aliphatic rings. The first-order valence-electron chi connectivity index (χ1n) is 7.39. The number of rotatable bonds is 6. The van der Waals surface area contributed by atoms with Crippen molar-refractivity contribution in [2.45, 2.75) is 45.1 Å². The highest BCUT2D eigenvalue weighted by Gasteiger charge is 2.19. The van der Waals surface area contributed by atoms with Gasteiger partial charge in [0, 0.05) is 31.0 Å². The van der Waals surface area contributed by atoms with Crippen LogP contribution in [0.15, 0.2) is 18.3 Å². The first-order valence-corrected chi connectivity index (χ1v) is 7.39. The van der Waals surface area contributed by atoms with Crippen LogP contribution < -0.4 is 10.6 Å². The normalized spacial score (nSPS) is 23.1. The second kappa shape index (κ2) is 7.34. The maximum atomic E-state index is 9.67. The Labute approximate surface area is 115 Å². The monoisotopic (exact) mass is 263 g/mol. The minimum Gasteiger partial charge on any atom is -0.393 e. The van der Waals surface area contributed by atoms with Gasteiger partial charge in [-0.15, -0.1) is 0 Å². The van der Waals surface area contributed by atoms with Crippen LogP contribution in [0.1, 0.15) is 39.0 Å². The number of nitrogens with one attached hydrogen (secondary N) is 2. The van der Waals surface area contributed by atoms with Gasteiger partial charge in [0.05, 0.1) is 6.10 Å². The van der Waals surface area contributed by atoms with Gasteiger partial charge in [0.15, 0.2) is 0 Å². The second-order valence-corrected chi connectivity index (χ2v) is 5.42. The van der Waals surface area contributed by atoms with Crippen LogP contribution in [0, 0.1) is 5.92 Å². The average Bonchev–Trinajstić information content (AvgIpc) is 2.43. The average molecular weight is 263 g/mol. The van der Waals surface area contributed by atoms with Crippen LogP contribution in [0.25, 0.3) is 0 Å². The lowest BCUT2D eigenvalue weighted by atomic mass is 9.87. The summed E-state index contributed by atoms with van der Waals surface area (Å²) in [6, 6.07) is 4.05. The van der Waals surface area contributed by atoms with E-state index in [9.17, 15) is 5.11 Å². The first kappa shape index (κ1) is 14.1. The summed E-state index contributed by atoms with van der Waals surface area (Å²) in [4.78, 5) is 4.29. The third-order valence-electron chi connectivity index (χ3n) is 3.67. The van der Waals surface area contributed by atoms with Gasteiger partial charge in [0.25, 0.3) is 0 Å². The quantitative estimate of drug-likeness (QED) is 0.738. The van der Waals surface area contributed by atoms with E-state index in [-0.39, 0.29) is 6.10 Å². The molecule has 2 unspecified atom stereocenters. The van der Waals surface area contributed by atoms with E-state index >= 15 is 0 Å². The molecule has 19 heavy (non-hydrogen) atoms. The van der Waals surface area contributed by atoms with E-state index in [2.05, 4.69) is 28.6 Å². The van der Waals surface area contributed by atoms with Gasteiger partial charge in [0.1, 0.15) is 5.82 Å². The molecular weight excluding hydrogens is 238 g/mol. The Morgan fingerprint density at radius 1 is 1.37 bits per heavy atom. The lowest BCUT2D eigenvalue weighted by Crippen LogP contribution is -2.25. The molecule has 0 bridgehead atoms. The topological polar surface area (TPSA) is 57.2 Å². The molecule has 4 nitrogen and oxygen atoms in total. The predicted octanol–water partition coefficient (Wildman–Crippen LogP) is 2.87. The molecule has 0 saturated heterocycles. The molecule has 1 aromatic rings. The molecule has 0 amide bonds. The summed E-state index contributed by atoms with van der Waals surface area (Å²) < 4.78 is 0. The van der Waals surface area contributed by atoms with Gasteiger partial charge < -0.3 is 15.7 Å². The van der Waals surface area contributed by atoms with Crippen LogP contribution in [-0.2, 0) is 0 Å². The molecule has 0 spiro atoms. The van der Waals surface area contributed by atoms with Crippen molar-refractivity contribution in [2.24, 2.45) is 5.92 Å². The van der Waals surface area contributed by atoms with Crippen molar-refractivity contribution in [3.8, 4) is 0 Å². The van der Waals surface area contributed by atoms with E-state index in [1.54, 1.807) is 0 Å². The van der Waals surface area contributed by atoms with Crippen LogP contribution in [0.3, 0.4) is 0 Å². The van der Waals surface area contributed by atoms with Gasteiger partial charge >= 0.3 is 0 Å². The summed E-state index contributed by atoms with van der Waals surface area (Å²) in [6.45, 7) is 4.03. The van der Waals surface area contributed by atoms with Gasteiger partial charge in [-0.25, -0.2) is 4.98 Å². The minimum absolute atomic E-state index is 0.0974. The Balaban J connectivity index is 1.81. The van der Waals surface area contributed by atoms with Crippen molar-refractivity contribution < 1.29 is 5.11 Å². The minimum atomic E-state index is -0.0974. The second-order valence-electron chi connectivity index (χ2n) is 5.42. The van der Waals surface area contributed by atoms with Gasteiger partial charge in [0.2, 0.25) is 0 Å². The Hall–Kier alpha value is -1.29. The molecule has 1 heterocycles. The fraction of sp³-hybridized carbons (Fsp3) is 0.667. The zero-order valence-electron chi connectivity index (χ0n) is 11.7. The van der Waals surface area contributed by atoms with E-state index in [1.807, 2.05) is 12.3 Å². The van der Waals surface area contributed by atoms with Gasteiger partial charge in [-0.2, -0.15) is 0 Å². The Kier molecular flexibility index (Phi) is 5.45. The van der Waals surface area contributed by atoms with Gasteiger partial charge in [-0.1, -0.05) is 13.3 Å². The van der Waals surface area contributed by atoms with Crippen LogP contribution >= 0.6 is 0 Å². The highest BCUT2D eigenvalue weighted by atomic mass is 16.3. The van der Waals surface area contributed by atoms with Crippen LogP contribution in [-0.4, -0.2) is 29.3 Å². The van der Waals surface area contributed by atoms with Crippen molar-refractivity contribution in [3.63, 3.8) is 0 Å². The largest absolute Gasteiger partial charge is 0.393 e. The zero-order valence-corrected chi connectivity index (χ0v) is 11.7. The summed E-state index contributed by atoms with van der Waals surface area (Å²) in [6.07, 6.45) is 7.09. The van der Waals surface area contributed by atoms with E-state index in [0.717, 1.165) is 50.3 Å². The Bertz CT molecular complexity index is 383. The van der Waals surface area contributed by atoms with Crippen LogP contribution in [0.5, 0.6) is 0 Å². The summed E-state index contributed by atoms with van der Waals surface area (Å²) in [7, 11) is 0. The Morgan fingerprint density at radius 3 is 3.05 bits per heavy atom. The predicted molar refractivity (Wildman–Crippen MR) is 79.5 cm³/mol. The molecule has 1 saturated carbocycles. The third kappa shape index (κ3) is 4.71. The molecule has 0 radical (unpaired) electrons. The first-order chi connectivity index (χ1) is 9.28. The SMILES string of the molecule is CCCNc1cc(NCC2CCCC(O)C2)ccn1. The summed E-state index contributed by atoms with van der Waals surface area (Å²) >= 11 is 0. The number of hydrogen-bond donors (Lipinski definition) is 3. The molecule has 1 aromatic heterocycles. The number of pyridine rings is 1. The van der Waals surface area contributed by atoms with Crippen molar-refractivity contribution >= 4 is 11.5 Å². The summed E-state index contributed by atoms with van der Waals surface area (Å²) in [5.41, 5.74) is 1.11. The molecule has 106 valence electrons. The molecule has 0 aliphatic heterocycles. The zero-order chi connectivity index (χ0) is 13.5. The fourth-order valence-corrected chi connectivity index (χ4v) is 2.60. The molecule has 1 fully saturated rings. The standard InChI is InChI=1S/C15H25N3O/c1-2-7-16-15-10-13(6-8-17-15)18-11-12-4-3-5-14(19)9-12/h6,8,10,12,14,19H,2-5,7,9,11H2,1H3,(H2,16,17,18). The maximum absolute atomic E-state index is 9.67. The number of aliphatic hydroxyl groups is 1. The summed E-state index contributed by atoms with van der Waals surface area (Å²) in [5, 5.41) is 16.4. The molecule has 4 heteroatoms. The Morgan fingerprint density at radius 2 is 2.26 bits per heavy atom. The highest BCUT2D eigenvalue weighted by Crippen LogP contribution is 2.24. The van der Waals surface area contributed by atoms with Crippen molar-refractivity contribution in [1.29, 1.82) is 0 Å². The van der Waals surface area contributed by atoms with E-state index in [1.165, 1.54) is 6.42 Å². The van der Waals surface area contributed by atoms with E-state index in [4.69, 9.17) is 0 Å². The molecule has 2 atom stereocenters. The van der Waals surface area contributed by atoms with Crippen molar-refractivity contribution in [2.75, 3.05) is 23.7 Å². The lowest BCUT2D eigenvalue weighted by molar-refractivity contribution is 0.105. The van der Waals surface area contributed by atoms with E-state index < -0.39 is 0 Å². The van der Waals surface area contributed by atoms with Crippen molar-refractivity contribution in [1.82, 2.24) is 4.98 Å². The smallest absolute Gasteiger partial charge is 0.127 e. The van der Waals surface area contributed by atoms with Gasteiger partial charge in [-0.3, -0.25) is 0 Å². The molecular formula is C15H25N3O. The molecule has 1 aliphatic carbocycles. The third-order valence-corrected chi connectivity index (χ3v) is 3.67. The van der Waals surface area contributed by atoms with E-state index in [0.29, 0.717) is 5.92 Å². The summed E-state index contributed by atoms with van der Waals surface area (Å²) in [5.74, 6) is 1.51. The van der Waals surface area contributed by atoms with Gasteiger partial charge in [-0.05, 0) is 37.7 Å². The molecule has 2 rings (SSSR count). The number of nitrogens with zero attached hydrogens (tertiary/aromatic N) is 1.